The number of thioether (sulfide) groups is 1. The monoisotopic (exact) mass is 389 g/mol. The molecule has 1 aromatic carbocycles. The summed E-state index contributed by atoms with van der Waals surface area (Å²) in [6.45, 7) is 0.792. The Morgan fingerprint density at radius 2 is 2.07 bits per heavy atom. The van der Waals surface area contributed by atoms with Crippen molar-refractivity contribution in [3.63, 3.8) is 0 Å². The third kappa shape index (κ3) is 3.03. The fraction of sp³-hybridized carbons (Fsp3) is 0.500. The van der Waals surface area contributed by atoms with Gasteiger partial charge in [0.15, 0.2) is 0 Å². The minimum atomic E-state index is -0.457. The van der Waals surface area contributed by atoms with Gasteiger partial charge in [0.1, 0.15) is 24.6 Å². The molecule has 4 heterocycles. The van der Waals surface area contributed by atoms with Crippen LogP contribution in [0.15, 0.2) is 30.9 Å². The molecule has 3 fully saturated rings. The van der Waals surface area contributed by atoms with Gasteiger partial charge >= 0.3 is 6.09 Å². The molecule has 0 aliphatic carbocycles. The molecule has 0 N–H and O–H groups in total. The van der Waals surface area contributed by atoms with Crippen molar-refractivity contribution in [1.29, 1.82) is 0 Å². The molecule has 142 valence electrons. The van der Waals surface area contributed by atoms with E-state index in [-0.39, 0.29) is 11.9 Å². The van der Waals surface area contributed by atoms with Crippen LogP contribution in [0.3, 0.4) is 0 Å². The van der Waals surface area contributed by atoms with Crippen LogP contribution >= 0.6 is 11.8 Å². The van der Waals surface area contributed by atoms with Crippen LogP contribution in [-0.2, 0) is 11.3 Å². The van der Waals surface area contributed by atoms with Crippen LogP contribution in [0.25, 0.3) is 0 Å². The van der Waals surface area contributed by atoms with E-state index in [1.807, 2.05) is 23.9 Å². The number of fused-ring (bicyclic) bond motifs is 2. The third-order valence-electron chi connectivity index (χ3n) is 5.49. The molecule has 3 aliphatic heterocycles. The minimum Gasteiger partial charge on any atom is -0.442 e. The van der Waals surface area contributed by atoms with Gasteiger partial charge in [-0.1, -0.05) is 0 Å². The Kier molecular flexibility index (Phi) is 4.18. The lowest BCUT2D eigenvalue weighted by Crippen LogP contribution is -2.43. The van der Waals surface area contributed by atoms with Gasteiger partial charge in [-0.15, -0.1) is 0 Å². The predicted molar refractivity (Wildman–Crippen MR) is 101 cm³/mol. The summed E-state index contributed by atoms with van der Waals surface area (Å²) in [4.78, 5) is 19.9. The van der Waals surface area contributed by atoms with Gasteiger partial charge in [-0.25, -0.2) is 18.9 Å². The first-order valence-corrected chi connectivity index (χ1v) is 10.3. The highest BCUT2D eigenvalue weighted by atomic mass is 32.2. The summed E-state index contributed by atoms with van der Waals surface area (Å²) in [5.74, 6) is 1.84. The third-order valence-corrected chi connectivity index (χ3v) is 6.73. The Morgan fingerprint density at radius 1 is 1.26 bits per heavy atom. The van der Waals surface area contributed by atoms with Crippen molar-refractivity contribution in [2.24, 2.45) is 0 Å². The number of cyclic esters (lactones) is 1. The molecular formula is C18H20FN5O2S. The molecule has 1 amide bonds. The first-order chi connectivity index (χ1) is 13.2. The molecule has 9 heteroatoms. The molecule has 3 aliphatic rings. The maximum absolute atomic E-state index is 14.9. The highest BCUT2D eigenvalue weighted by Crippen LogP contribution is 2.40. The van der Waals surface area contributed by atoms with Gasteiger partial charge < -0.3 is 9.64 Å². The average Bonchev–Trinajstić information content (AvgIpc) is 3.34. The van der Waals surface area contributed by atoms with E-state index in [1.54, 1.807) is 11.0 Å². The standard InChI is InChI=1S/C18H20FN5O2S/c19-16-5-12(3-4-17(16)24-13-1-2-14(24)9-27-8-13)23-7-15(26-18(23)25)6-22-11-20-10-21-22/h3-5,10-11,13-15H,1-2,6-9H2/t13-,14+,15-/m0/s1. The van der Waals surface area contributed by atoms with E-state index in [0.29, 0.717) is 36.5 Å². The van der Waals surface area contributed by atoms with E-state index in [1.165, 1.54) is 17.3 Å². The number of anilines is 2. The van der Waals surface area contributed by atoms with Crippen molar-refractivity contribution < 1.29 is 13.9 Å². The summed E-state index contributed by atoms with van der Waals surface area (Å²) < 4.78 is 22.0. The Hall–Kier alpha value is -2.29. The van der Waals surface area contributed by atoms with Crippen LogP contribution in [-0.4, -0.2) is 57.1 Å². The lowest BCUT2D eigenvalue weighted by atomic mass is 10.2. The summed E-state index contributed by atoms with van der Waals surface area (Å²) in [5.41, 5.74) is 1.18. The molecule has 27 heavy (non-hydrogen) atoms. The number of benzene rings is 1. The van der Waals surface area contributed by atoms with Gasteiger partial charge in [0, 0.05) is 23.6 Å². The highest BCUT2D eigenvalue weighted by molar-refractivity contribution is 7.99. The van der Waals surface area contributed by atoms with Crippen LogP contribution in [0.2, 0.25) is 0 Å². The van der Waals surface area contributed by atoms with Gasteiger partial charge in [-0.2, -0.15) is 16.9 Å². The molecule has 0 spiro atoms. The summed E-state index contributed by atoms with van der Waals surface area (Å²) in [7, 11) is 0. The number of halogens is 1. The number of hydrogen-bond acceptors (Lipinski definition) is 6. The van der Waals surface area contributed by atoms with Gasteiger partial charge in [0.25, 0.3) is 0 Å². The fourth-order valence-corrected chi connectivity index (χ4v) is 5.59. The van der Waals surface area contributed by atoms with Crippen LogP contribution < -0.4 is 9.80 Å². The predicted octanol–water partition coefficient (Wildman–Crippen LogP) is 2.53. The van der Waals surface area contributed by atoms with Crippen LogP contribution in [0, 0.1) is 5.82 Å². The van der Waals surface area contributed by atoms with Crippen molar-refractivity contribution in [2.75, 3.05) is 27.9 Å². The Labute approximate surface area is 160 Å². The molecule has 1 aromatic heterocycles. The Balaban J connectivity index is 1.34. The van der Waals surface area contributed by atoms with Crippen LogP contribution in [0.5, 0.6) is 0 Å². The average molecular weight is 389 g/mol. The second-order valence-electron chi connectivity index (χ2n) is 7.20. The normalized spacial score (nSPS) is 27.3. The van der Waals surface area contributed by atoms with Crippen LogP contribution in [0.1, 0.15) is 12.8 Å². The van der Waals surface area contributed by atoms with Crippen molar-refractivity contribution in [3.8, 4) is 0 Å². The van der Waals surface area contributed by atoms with E-state index in [9.17, 15) is 9.18 Å². The zero-order valence-corrected chi connectivity index (χ0v) is 15.5. The van der Waals surface area contributed by atoms with Gasteiger partial charge in [0.2, 0.25) is 0 Å². The number of ether oxygens (including phenoxy) is 1. The summed E-state index contributed by atoms with van der Waals surface area (Å²) in [5, 5.41) is 4.03. The smallest absolute Gasteiger partial charge is 0.414 e. The maximum Gasteiger partial charge on any atom is 0.414 e. The molecule has 3 atom stereocenters. The quantitative estimate of drug-likeness (QED) is 0.801. The number of rotatable bonds is 4. The zero-order chi connectivity index (χ0) is 18.4. The molecule has 2 bridgehead atoms. The molecule has 3 saturated heterocycles. The molecule has 0 radical (unpaired) electrons. The number of hydrogen-bond donors (Lipinski definition) is 0. The van der Waals surface area contributed by atoms with E-state index >= 15 is 0 Å². The number of nitrogens with zero attached hydrogens (tertiary/aromatic N) is 5. The number of carbonyl (C=O) groups excluding carboxylic acids is 1. The summed E-state index contributed by atoms with van der Waals surface area (Å²) in [6, 6.07) is 5.91. The van der Waals surface area contributed by atoms with Gasteiger partial charge in [-0.05, 0) is 31.0 Å². The number of carbonyl (C=O) groups is 1. The largest absolute Gasteiger partial charge is 0.442 e. The molecule has 0 saturated carbocycles. The van der Waals surface area contributed by atoms with Gasteiger partial charge in [0.05, 0.1) is 24.5 Å². The molecule has 2 aromatic rings. The SMILES string of the molecule is O=C1O[C@@H](Cn2cncn2)CN1c1ccc(N2[C@@H]3CC[C@H]2CSC3)c(F)c1. The minimum absolute atomic E-state index is 0.274. The maximum atomic E-state index is 14.9. The molecular weight excluding hydrogens is 369 g/mol. The first-order valence-electron chi connectivity index (χ1n) is 9.15. The zero-order valence-electron chi connectivity index (χ0n) is 14.7. The number of amides is 1. The lowest BCUT2D eigenvalue weighted by molar-refractivity contribution is 0.129. The molecule has 5 rings (SSSR count). The van der Waals surface area contributed by atoms with E-state index < -0.39 is 6.09 Å². The van der Waals surface area contributed by atoms with Crippen molar-refractivity contribution in [3.05, 3.63) is 36.7 Å². The second-order valence-corrected chi connectivity index (χ2v) is 8.27. The Morgan fingerprint density at radius 3 is 2.78 bits per heavy atom. The van der Waals surface area contributed by atoms with E-state index in [0.717, 1.165) is 24.3 Å². The van der Waals surface area contributed by atoms with Crippen molar-refractivity contribution >= 4 is 29.2 Å². The summed E-state index contributed by atoms with van der Waals surface area (Å²) >= 11 is 1.96. The number of aromatic nitrogens is 3. The van der Waals surface area contributed by atoms with E-state index in [2.05, 4.69) is 15.0 Å². The van der Waals surface area contributed by atoms with Crippen molar-refractivity contribution in [2.45, 2.75) is 37.6 Å². The Bertz CT molecular complexity index is 832. The topological polar surface area (TPSA) is 63.5 Å². The highest BCUT2D eigenvalue weighted by Gasteiger charge is 2.39. The van der Waals surface area contributed by atoms with E-state index in [4.69, 9.17) is 4.74 Å². The van der Waals surface area contributed by atoms with Crippen LogP contribution in [0.4, 0.5) is 20.6 Å². The van der Waals surface area contributed by atoms with Crippen molar-refractivity contribution in [1.82, 2.24) is 14.8 Å². The molecule has 7 nitrogen and oxygen atoms in total. The first kappa shape index (κ1) is 16.9. The fourth-order valence-electron chi connectivity index (χ4n) is 4.26. The van der Waals surface area contributed by atoms with Gasteiger partial charge in [-0.3, -0.25) is 4.90 Å². The summed E-state index contributed by atoms with van der Waals surface area (Å²) in [6.07, 6.45) is 4.48. The molecule has 0 unspecified atom stereocenters. The second kappa shape index (κ2) is 6.70. The lowest BCUT2D eigenvalue weighted by Gasteiger charge is -2.36.